The van der Waals surface area contributed by atoms with Crippen molar-refractivity contribution in [3.8, 4) is 0 Å². The number of H-pyrrole nitrogens is 3. The highest BCUT2D eigenvalue weighted by Crippen LogP contribution is 2.30. The predicted octanol–water partition coefficient (Wildman–Crippen LogP) is -2.67. The van der Waals surface area contributed by atoms with E-state index in [1.807, 2.05) is 0 Å². The molecule has 43 heteroatoms. The summed E-state index contributed by atoms with van der Waals surface area (Å²) in [6, 6.07) is -10.4. The lowest BCUT2D eigenvalue weighted by Crippen LogP contribution is -2.63. The molecule has 2 aromatic carbocycles. The Morgan fingerprint density at radius 3 is 1.56 bits per heavy atom. The van der Waals surface area contributed by atoms with Gasteiger partial charge in [0.1, 0.15) is 84.6 Å². The highest BCUT2D eigenvalue weighted by molar-refractivity contribution is 8.76. The molecule has 0 spiro atoms. The van der Waals surface area contributed by atoms with Crippen LogP contribution in [0.3, 0.4) is 0 Å². The largest absolute Gasteiger partial charge is 0.481 e. The predicted molar refractivity (Wildman–Crippen MR) is 450 cm³/mol. The molecule has 41 nitrogen and oxygen atoms in total. The summed E-state index contributed by atoms with van der Waals surface area (Å²) in [7, 11) is 1.52. The summed E-state index contributed by atoms with van der Waals surface area (Å²) in [5, 5.41) is 69.2. The van der Waals surface area contributed by atoms with Crippen molar-refractivity contribution in [1.29, 1.82) is 0 Å². The van der Waals surface area contributed by atoms with Gasteiger partial charge in [-0.3, -0.25) is 86.3 Å². The fourth-order valence-corrected chi connectivity index (χ4v) is 17.4. The molecule has 7 heterocycles. The number of carboxylic acid groups (broad SMARTS) is 2. The molecule has 0 aliphatic carbocycles. The number of nitrogens with one attached hydrogen (secondary N) is 17. The molecule has 4 fully saturated rings. The van der Waals surface area contributed by atoms with Gasteiger partial charge in [-0.25, -0.2) is 4.98 Å². The molecule has 672 valence electrons. The molecule has 0 radical (unpaired) electrons. The number of amides is 16. The number of carbonyl (C=O) groups is 18. The van der Waals surface area contributed by atoms with Crippen LogP contribution < -0.4 is 74.4 Å². The molecule has 0 saturated carbocycles. The Morgan fingerprint density at radius 2 is 1.02 bits per heavy atom. The van der Waals surface area contributed by atoms with Gasteiger partial charge in [0.05, 0.1) is 25.4 Å². The third-order valence-electron chi connectivity index (χ3n) is 21.5. The molecule has 4 aliphatic heterocycles. The van der Waals surface area contributed by atoms with E-state index in [0.29, 0.717) is 38.6 Å². The first kappa shape index (κ1) is 95.7. The van der Waals surface area contributed by atoms with Crippen molar-refractivity contribution >= 4 is 150 Å². The van der Waals surface area contributed by atoms with E-state index in [-0.39, 0.29) is 76.3 Å². The van der Waals surface area contributed by atoms with Crippen molar-refractivity contribution in [3.63, 3.8) is 0 Å². The topological polar surface area (TPSA) is 603 Å². The van der Waals surface area contributed by atoms with Crippen LogP contribution in [0.5, 0.6) is 0 Å². The number of hydrogen-bond acceptors (Lipinski definition) is 22. The Morgan fingerprint density at radius 1 is 0.516 bits per heavy atom. The van der Waals surface area contributed by atoms with Gasteiger partial charge in [-0.1, -0.05) is 99.5 Å². The summed E-state index contributed by atoms with van der Waals surface area (Å²) in [6.07, 6.45) is 0.383. The lowest BCUT2D eigenvalue weighted by molar-refractivity contribution is -0.149. The second-order valence-corrected chi connectivity index (χ2v) is 35.2. The van der Waals surface area contributed by atoms with Gasteiger partial charge >= 0.3 is 11.9 Å². The van der Waals surface area contributed by atoms with E-state index in [1.165, 1.54) is 33.3 Å². The van der Waals surface area contributed by atoms with Crippen LogP contribution in [0.2, 0.25) is 0 Å². The van der Waals surface area contributed by atoms with E-state index in [1.54, 1.807) is 102 Å². The van der Waals surface area contributed by atoms with Gasteiger partial charge in [-0.15, -0.1) is 0 Å². The van der Waals surface area contributed by atoms with Crippen molar-refractivity contribution in [3.05, 3.63) is 90.3 Å². The van der Waals surface area contributed by atoms with Gasteiger partial charge in [0.15, 0.2) is 0 Å². The van der Waals surface area contributed by atoms with Crippen molar-refractivity contribution in [2.24, 2.45) is 17.8 Å². The van der Waals surface area contributed by atoms with Crippen molar-refractivity contribution in [2.45, 2.75) is 230 Å². The summed E-state index contributed by atoms with van der Waals surface area (Å²) >= 11 is 0. The molecule has 16 atom stereocenters. The Kier molecular flexibility index (Phi) is 34.2. The Hall–Kier alpha value is -12.2. The van der Waals surface area contributed by atoms with Crippen LogP contribution >= 0.6 is 21.6 Å². The highest BCUT2D eigenvalue weighted by atomic mass is 33.1. The zero-order chi connectivity index (χ0) is 90.5. The van der Waals surface area contributed by atoms with E-state index in [0.717, 1.165) is 31.4 Å². The van der Waals surface area contributed by atoms with E-state index in [9.17, 15) is 68.1 Å². The smallest absolute Gasteiger partial charge is 0.305 e. The number of nitrogens with zero attached hydrogens (tertiary/aromatic N) is 3. The van der Waals surface area contributed by atoms with Gasteiger partial charge < -0.3 is 115 Å². The zero-order valence-electron chi connectivity index (χ0n) is 70.1. The molecule has 20 N–H and O–H groups in total. The minimum atomic E-state index is -2.05. The molecule has 9 rings (SSSR count). The monoisotopic (exact) mass is 1760 g/mol. The standard InChI is InChI=1S/C81H110N20O21S2/c1-38(2)23-53-69(110)85-33-63(104)89-52(20-21-64(105)106)70(111)92-54(24-39(3)4)75(116)98-66(40(5)6)79(120)95-56(26-45-31-84-51-18-13-11-16-49(45)51)72(113)97-60-36-124-123-35-59(76(117)87-41(7)68(109)90-55(25-44-30-83-50-17-12-10-15-48(44)50)71(112)93-57(73(114)91-53)27-46-32-82-37-86-46)96-74(115)58(29-65(107)108)94-78(119)62-28-47(88-43(9)103)34-101(62)80(121)61-19-14-22-100(61)81(122)67(42(8)102)99-77(60)118/h10-13,15-18,30-32,37-42,47,52-62,66-67,83-84,102H,14,19-29,33-36H2,1-9H3,(H,82,86)(H,85,110)(H,87,117)(H,88,103)(H,89,104)(H,90,109)(H,91,114)(H,92,111)(H,93,112)(H,94,119)(H,95,120)(H,96,115)(H,97,113)(H,98,116)(H,99,118)(H,105,106)(H,107,108)/t41-,42+,47-,52-,53-,54-,55-,56-,57-,58-,59-,60-,61+,62-,66-,67-/m0/s1. The number of aromatic nitrogens is 4. The van der Waals surface area contributed by atoms with Crippen LogP contribution in [-0.2, 0) is 106 Å². The molecule has 3 aromatic heterocycles. The first-order valence-electron chi connectivity index (χ1n) is 41.1. The maximum absolute atomic E-state index is 15.6. The number of carbonyl (C=O) groups excluding carboxylic acids is 16. The lowest BCUT2D eigenvalue weighted by Gasteiger charge is -2.34. The summed E-state index contributed by atoms with van der Waals surface area (Å²) in [4.78, 5) is 277. The fraction of sp³-hybridized carbons (Fsp3) is 0.543. The van der Waals surface area contributed by atoms with Crippen LogP contribution in [0.1, 0.15) is 131 Å². The second-order valence-electron chi connectivity index (χ2n) is 32.6. The van der Waals surface area contributed by atoms with E-state index in [2.05, 4.69) is 94.4 Å². The second kappa shape index (κ2) is 44.3. The van der Waals surface area contributed by atoms with E-state index < -0.39 is 246 Å². The SMILES string of the molecule is CC(=O)N[C@H]1C[C@H]2C(=O)N[C@@H](CC(=O)O)C(=O)N[C@H]3CSSC[C@H](NC(=O)[C@H](Cc4c[nH]c5ccccc45)NC(=O)[C@H](C(C)C)NC(=O)[C@H](CC(C)C)NC(=O)[C@H](CCC(=O)O)NC(=O)CNC(=O)[C@H](CC(C)C)NC(=O)[C@H](Cc4cnc[nH]4)NC(=O)[C@H](Cc4c[nH]c5ccccc45)NC(=O)[C@H](C)NC3=O)C(=O)N[C@@H]([C@@H](C)O)C(=O)N3CCC[C@@H]3C(=O)N2C1. The molecule has 4 aliphatic rings. The highest BCUT2D eigenvalue weighted by Gasteiger charge is 2.49. The normalized spacial score (nSPS) is 26.6. The van der Waals surface area contributed by atoms with Gasteiger partial charge in [-0.2, -0.15) is 0 Å². The molecule has 16 amide bonds. The molecule has 0 unspecified atom stereocenters. The third kappa shape index (κ3) is 26.4. The van der Waals surface area contributed by atoms with E-state index in [4.69, 9.17) is 0 Å². The minimum absolute atomic E-state index is 0.0324. The number of hydrogen-bond donors (Lipinski definition) is 20. The van der Waals surface area contributed by atoms with Gasteiger partial charge in [0.2, 0.25) is 94.5 Å². The number of carboxylic acids is 2. The van der Waals surface area contributed by atoms with Crippen molar-refractivity contribution in [1.82, 2.24) is 104 Å². The summed E-state index contributed by atoms with van der Waals surface area (Å²) in [5.74, 6) is -21.8. The van der Waals surface area contributed by atoms with Gasteiger partial charge in [-0.05, 0) is 93.4 Å². The fourth-order valence-electron chi connectivity index (χ4n) is 15.1. The molecular weight excluding hydrogens is 1650 g/mol. The first-order chi connectivity index (χ1) is 58.8. The zero-order valence-corrected chi connectivity index (χ0v) is 71.7. The molecule has 2 bridgehead atoms. The van der Waals surface area contributed by atoms with Crippen LogP contribution in [0, 0.1) is 17.8 Å². The third-order valence-corrected chi connectivity index (χ3v) is 23.9. The number of imidazole rings is 1. The van der Waals surface area contributed by atoms with Gasteiger partial charge in [0, 0.05) is 109 Å². The number of fused-ring (bicyclic) bond motifs is 9. The van der Waals surface area contributed by atoms with E-state index >= 15 is 33.6 Å². The molecular formula is C81H110N20O21S2. The Labute approximate surface area is 721 Å². The Bertz CT molecular complexity index is 4770. The summed E-state index contributed by atoms with van der Waals surface area (Å²) in [5.41, 5.74) is 2.43. The molecule has 5 aromatic rings. The number of aliphatic hydroxyl groups is 1. The van der Waals surface area contributed by atoms with Crippen LogP contribution in [0.25, 0.3) is 21.8 Å². The minimum Gasteiger partial charge on any atom is -0.481 e. The van der Waals surface area contributed by atoms with Gasteiger partial charge in [0.25, 0.3) is 0 Å². The van der Waals surface area contributed by atoms with Crippen LogP contribution in [0.15, 0.2) is 73.4 Å². The molecule has 124 heavy (non-hydrogen) atoms. The average molecular weight is 1760 g/mol. The number of para-hydroxylation sites is 2. The average Bonchev–Trinajstić information content (AvgIpc) is 1.64. The number of aliphatic carboxylic acids is 2. The maximum atomic E-state index is 15.6. The van der Waals surface area contributed by atoms with Crippen molar-refractivity contribution in [2.75, 3.05) is 31.1 Å². The van der Waals surface area contributed by atoms with Crippen LogP contribution in [-0.4, -0.2) is 279 Å². The lowest BCUT2D eigenvalue weighted by atomic mass is 9.98. The maximum Gasteiger partial charge on any atom is 0.305 e. The quantitative estimate of drug-likeness (QED) is 0.0398. The van der Waals surface area contributed by atoms with Crippen LogP contribution in [0.4, 0.5) is 0 Å². The Balaban J connectivity index is 1.15. The summed E-state index contributed by atoms with van der Waals surface area (Å²) in [6.45, 7) is 12.2. The van der Waals surface area contributed by atoms with Crippen molar-refractivity contribution < 1.29 is 102 Å². The number of benzene rings is 2. The molecule has 4 saturated heterocycles. The summed E-state index contributed by atoms with van der Waals surface area (Å²) < 4.78 is 0. The number of aromatic amines is 3. The first-order valence-corrected chi connectivity index (χ1v) is 43.5. The number of rotatable bonds is 18. The number of aliphatic hydroxyl groups excluding tert-OH is 1.